The SMILES string of the molecule is CC(C)(C)C(=O)N1CCCC(C(=O)NC(C(=O)O)C2CCCOC2)C1. The largest absolute Gasteiger partial charge is 0.480 e. The van der Waals surface area contributed by atoms with Crippen molar-refractivity contribution in [2.75, 3.05) is 26.3 Å². The van der Waals surface area contributed by atoms with Gasteiger partial charge in [-0.3, -0.25) is 9.59 Å². The van der Waals surface area contributed by atoms with Crippen LogP contribution in [0, 0.1) is 17.3 Å². The Balaban J connectivity index is 1.98. The maximum atomic E-state index is 12.6. The van der Waals surface area contributed by atoms with Crippen molar-refractivity contribution in [2.24, 2.45) is 17.3 Å². The number of piperidine rings is 1. The van der Waals surface area contributed by atoms with E-state index in [1.165, 1.54) is 0 Å². The van der Waals surface area contributed by atoms with E-state index in [0.29, 0.717) is 32.7 Å². The number of aliphatic carboxylic acids is 1. The summed E-state index contributed by atoms with van der Waals surface area (Å²) in [6.07, 6.45) is 2.97. The number of nitrogens with zero attached hydrogens (tertiary/aromatic N) is 1. The van der Waals surface area contributed by atoms with Gasteiger partial charge in [0.15, 0.2) is 0 Å². The Morgan fingerprint density at radius 2 is 1.92 bits per heavy atom. The van der Waals surface area contributed by atoms with Crippen molar-refractivity contribution < 1.29 is 24.2 Å². The highest BCUT2D eigenvalue weighted by Gasteiger charge is 2.36. The smallest absolute Gasteiger partial charge is 0.326 e. The summed E-state index contributed by atoms with van der Waals surface area (Å²) in [4.78, 5) is 38.4. The number of likely N-dealkylation sites (tertiary alicyclic amines) is 1. The lowest BCUT2D eigenvalue weighted by atomic mass is 9.89. The molecular weight excluding hydrogens is 324 g/mol. The van der Waals surface area contributed by atoms with Crippen LogP contribution in [0.15, 0.2) is 0 Å². The first-order chi connectivity index (χ1) is 11.7. The maximum absolute atomic E-state index is 12.6. The molecule has 7 heteroatoms. The van der Waals surface area contributed by atoms with Gasteiger partial charge in [-0.05, 0) is 25.7 Å². The summed E-state index contributed by atoms with van der Waals surface area (Å²) in [5, 5.41) is 12.2. The van der Waals surface area contributed by atoms with Crippen LogP contribution in [0.25, 0.3) is 0 Å². The molecule has 3 atom stereocenters. The van der Waals surface area contributed by atoms with Gasteiger partial charge in [-0.2, -0.15) is 0 Å². The first-order valence-corrected chi connectivity index (χ1v) is 9.10. The third-order valence-corrected chi connectivity index (χ3v) is 4.95. The average molecular weight is 354 g/mol. The number of carboxylic acids is 1. The molecule has 0 aromatic rings. The zero-order valence-electron chi connectivity index (χ0n) is 15.4. The van der Waals surface area contributed by atoms with E-state index in [1.807, 2.05) is 20.8 Å². The van der Waals surface area contributed by atoms with Gasteiger partial charge in [-0.1, -0.05) is 20.8 Å². The van der Waals surface area contributed by atoms with Gasteiger partial charge < -0.3 is 20.1 Å². The van der Waals surface area contributed by atoms with Crippen LogP contribution in [-0.2, 0) is 19.1 Å². The fraction of sp³-hybridized carbons (Fsp3) is 0.833. The second kappa shape index (κ2) is 8.17. The number of hydrogen-bond acceptors (Lipinski definition) is 4. The number of nitrogens with one attached hydrogen (secondary N) is 1. The monoisotopic (exact) mass is 354 g/mol. The number of amides is 2. The molecule has 2 saturated heterocycles. The molecule has 2 aliphatic heterocycles. The van der Waals surface area contributed by atoms with E-state index >= 15 is 0 Å². The lowest BCUT2D eigenvalue weighted by Gasteiger charge is -2.36. The van der Waals surface area contributed by atoms with Crippen LogP contribution in [0.3, 0.4) is 0 Å². The van der Waals surface area contributed by atoms with Crippen molar-refractivity contribution in [1.82, 2.24) is 10.2 Å². The Bertz CT molecular complexity index is 508. The fourth-order valence-electron chi connectivity index (χ4n) is 3.53. The van der Waals surface area contributed by atoms with Crippen LogP contribution in [-0.4, -0.2) is 60.1 Å². The standard InChI is InChI=1S/C18H30N2O5/c1-18(2,3)17(24)20-8-4-6-12(10-20)15(21)19-14(16(22)23)13-7-5-9-25-11-13/h12-14H,4-11H2,1-3H3,(H,19,21)(H,22,23). The predicted octanol–water partition coefficient (Wildman–Crippen LogP) is 1.27. The molecule has 142 valence electrons. The molecule has 2 N–H and O–H groups in total. The van der Waals surface area contributed by atoms with Gasteiger partial charge in [-0.25, -0.2) is 4.79 Å². The Morgan fingerprint density at radius 1 is 1.20 bits per heavy atom. The second-order valence-corrected chi connectivity index (χ2v) is 8.14. The van der Waals surface area contributed by atoms with E-state index in [4.69, 9.17) is 4.74 Å². The first kappa shape index (κ1) is 19.7. The third kappa shape index (κ3) is 5.17. The minimum absolute atomic E-state index is 0.0282. The summed E-state index contributed by atoms with van der Waals surface area (Å²) < 4.78 is 5.36. The summed E-state index contributed by atoms with van der Waals surface area (Å²) >= 11 is 0. The van der Waals surface area contributed by atoms with Crippen LogP contribution in [0.4, 0.5) is 0 Å². The van der Waals surface area contributed by atoms with Crippen molar-refractivity contribution in [2.45, 2.75) is 52.5 Å². The van der Waals surface area contributed by atoms with Gasteiger partial charge in [0.2, 0.25) is 11.8 Å². The predicted molar refractivity (Wildman–Crippen MR) is 91.9 cm³/mol. The highest BCUT2D eigenvalue weighted by Crippen LogP contribution is 2.24. The third-order valence-electron chi connectivity index (χ3n) is 4.95. The highest BCUT2D eigenvalue weighted by molar-refractivity contribution is 5.86. The van der Waals surface area contributed by atoms with Crippen molar-refractivity contribution in [3.8, 4) is 0 Å². The molecule has 3 unspecified atom stereocenters. The Labute approximate surface area is 149 Å². The molecule has 7 nitrogen and oxygen atoms in total. The van der Waals surface area contributed by atoms with E-state index < -0.39 is 17.4 Å². The first-order valence-electron chi connectivity index (χ1n) is 9.10. The Morgan fingerprint density at radius 3 is 2.48 bits per heavy atom. The van der Waals surface area contributed by atoms with E-state index in [9.17, 15) is 19.5 Å². The molecule has 0 bridgehead atoms. The van der Waals surface area contributed by atoms with Crippen LogP contribution in [0.2, 0.25) is 0 Å². The number of carbonyl (C=O) groups excluding carboxylic acids is 2. The van der Waals surface area contributed by atoms with Crippen molar-refractivity contribution in [3.05, 3.63) is 0 Å². The lowest BCUT2D eigenvalue weighted by molar-refractivity contribution is -0.148. The van der Waals surface area contributed by atoms with Crippen molar-refractivity contribution in [3.63, 3.8) is 0 Å². The molecule has 0 spiro atoms. The zero-order valence-corrected chi connectivity index (χ0v) is 15.4. The molecule has 0 radical (unpaired) electrons. The summed E-state index contributed by atoms with van der Waals surface area (Å²) in [5.74, 6) is -1.83. The quantitative estimate of drug-likeness (QED) is 0.792. The van der Waals surface area contributed by atoms with Crippen LogP contribution in [0.1, 0.15) is 46.5 Å². The van der Waals surface area contributed by atoms with Crippen LogP contribution >= 0.6 is 0 Å². The molecule has 0 aromatic heterocycles. The van der Waals surface area contributed by atoms with Gasteiger partial charge in [0.1, 0.15) is 6.04 Å². The molecule has 2 amide bonds. The van der Waals surface area contributed by atoms with E-state index in [1.54, 1.807) is 4.90 Å². The van der Waals surface area contributed by atoms with E-state index in [-0.39, 0.29) is 23.7 Å². The molecule has 2 aliphatic rings. The number of carbonyl (C=O) groups is 3. The highest BCUT2D eigenvalue weighted by atomic mass is 16.5. The Hall–Kier alpha value is -1.63. The topological polar surface area (TPSA) is 95.9 Å². The molecule has 0 saturated carbocycles. The minimum atomic E-state index is -1.03. The summed E-state index contributed by atoms with van der Waals surface area (Å²) in [5.41, 5.74) is -0.485. The van der Waals surface area contributed by atoms with Crippen molar-refractivity contribution in [1.29, 1.82) is 0 Å². The Kier molecular flexibility index (Phi) is 6.43. The van der Waals surface area contributed by atoms with Crippen LogP contribution < -0.4 is 5.32 Å². The summed E-state index contributed by atoms with van der Waals surface area (Å²) in [6.45, 7) is 7.60. The summed E-state index contributed by atoms with van der Waals surface area (Å²) in [6, 6.07) is -0.929. The molecule has 2 fully saturated rings. The van der Waals surface area contributed by atoms with E-state index in [0.717, 1.165) is 19.3 Å². The number of rotatable bonds is 4. The maximum Gasteiger partial charge on any atom is 0.326 e. The van der Waals surface area contributed by atoms with Crippen LogP contribution in [0.5, 0.6) is 0 Å². The van der Waals surface area contributed by atoms with E-state index in [2.05, 4.69) is 5.32 Å². The summed E-state index contributed by atoms with van der Waals surface area (Å²) in [7, 11) is 0. The molecule has 0 aromatic carbocycles. The lowest BCUT2D eigenvalue weighted by Crippen LogP contribution is -2.53. The van der Waals surface area contributed by atoms with Gasteiger partial charge in [0.05, 0.1) is 12.5 Å². The minimum Gasteiger partial charge on any atom is -0.480 e. The average Bonchev–Trinajstić information content (AvgIpc) is 2.58. The molecule has 2 rings (SSSR count). The number of ether oxygens (including phenoxy) is 1. The number of carboxylic acid groups (broad SMARTS) is 1. The molecule has 25 heavy (non-hydrogen) atoms. The molecule has 2 heterocycles. The zero-order chi connectivity index (χ0) is 18.6. The molecular formula is C18H30N2O5. The van der Waals surface area contributed by atoms with Gasteiger partial charge in [0, 0.05) is 31.0 Å². The number of hydrogen-bond donors (Lipinski definition) is 2. The van der Waals surface area contributed by atoms with Gasteiger partial charge in [-0.15, -0.1) is 0 Å². The van der Waals surface area contributed by atoms with Gasteiger partial charge >= 0.3 is 5.97 Å². The molecule has 0 aliphatic carbocycles. The normalized spacial score (nSPS) is 26.0. The second-order valence-electron chi connectivity index (χ2n) is 8.14. The van der Waals surface area contributed by atoms with Crippen molar-refractivity contribution >= 4 is 17.8 Å². The fourth-order valence-corrected chi connectivity index (χ4v) is 3.53. The van der Waals surface area contributed by atoms with Gasteiger partial charge in [0.25, 0.3) is 0 Å².